The fraction of sp³-hybridized carbons (Fsp3) is 0.250. The van der Waals surface area contributed by atoms with Crippen LogP contribution in [0.25, 0.3) is 0 Å². The smallest absolute Gasteiger partial charge is 1.00 e. The normalized spacial score (nSPS) is 23.2. The van der Waals surface area contributed by atoms with E-state index < -0.39 is 13.6 Å². The summed E-state index contributed by atoms with van der Waals surface area (Å²) in [5, 5.41) is 12.7. The molecule has 1 aliphatic heterocycles. The van der Waals surface area contributed by atoms with Crippen LogP contribution in [0.15, 0.2) is 24.3 Å². The van der Waals surface area contributed by atoms with Crippen molar-refractivity contribution in [1.29, 1.82) is 0 Å². The summed E-state index contributed by atoms with van der Waals surface area (Å²) in [7, 11) is -4.73. The first-order chi connectivity index (χ1) is 6.91. The molecule has 1 atom stereocenters. The van der Waals surface area contributed by atoms with E-state index in [1.807, 2.05) is 0 Å². The molecule has 1 aromatic carbocycles. The molecule has 0 fully saturated rings. The van der Waals surface area contributed by atoms with Crippen LogP contribution in [0.1, 0.15) is 6.99 Å². The Morgan fingerprint density at radius 2 is 2.06 bits per heavy atom. The zero-order valence-corrected chi connectivity index (χ0v) is 11.5. The van der Waals surface area contributed by atoms with E-state index in [1.54, 1.807) is 24.3 Å². The molecule has 1 aliphatic rings. The van der Waals surface area contributed by atoms with Crippen LogP contribution >= 0.6 is 7.82 Å². The molecule has 0 saturated heterocycles. The van der Waals surface area contributed by atoms with Gasteiger partial charge >= 0.3 is 37.4 Å². The van der Waals surface area contributed by atoms with Crippen LogP contribution < -0.4 is 34.9 Å². The van der Waals surface area contributed by atoms with Crippen molar-refractivity contribution in [2.24, 2.45) is 0 Å². The standard InChI is InChI=1S/C8H10NO5P.Na.H/c10-8(14-15(11,12)13)5-9-7-4-2-1-3-6(7)8;;/h1-4,9-10H,5H2,(H2,11,12,13);;/q;+1;-1. The van der Waals surface area contributed by atoms with Gasteiger partial charge in [-0.1, -0.05) is 18.2 Å². The van der Waals surface area contributed by atoms with Crippen LogP contribution in [0.5, 0.6) is 0 Å². The Balaban J connectivity index is 0.00000128. The van der Waals surface area contributed by atoms with E-state index >= 15 is 0 Å². The summed E-state index contributed by atoms with van der Waals surface area (Å²) in [6.07, 6.45) is 0. The molecule has 1 unspecified atom stereocenters. The van der Waals surface area contributed by atoms with Crippen LogP contribution in [0, 0.1) is 0 Å². The van der Waals surface area contributed by atoms with Crippen molar-refractivity contribution in [2.75, 3.05) is 11.9 Å². The van der Waals surface area contributed by atoms with E-state index in [0.717, 1.165) is 0 Å². The van der Waals surface area contributed by atoms with Gasteiger partial charge in [0, 0.05) is 11.3 Å². The van der Waals surface area contributed by atoms with Gasteiger partial charge in [0.15, 0.2) is 0 Å². The monoisotopic (exact) mass is 255 g/mol. The predicted octanol–water partition coefficient (Wildman–Crippen LogP) is -2.52. The summed E-state index contributed by atoms with van der Waals surface area (Å²) in [6, 6.07) is 6.64. The zero-order valence-electron chi connectivity index (χ0n) is 9.62. The van der Waals surface area contributed by atoms with E-state index in [4.69, 9.17) is 9.79 Å². The Kier molecular flexibility index (Phi) is 4.21. The van der Waals surface area contributed by atoms with E-state index in [-0.39, 0.29) is 37.5 Å². The molecule has 0 bridgehead atoms. The second-order valence-electron chi connectivity index (χ2n) is 3.27. The predicted molar refractivity (Wildman–Crippen MR) is 53.1 cm³/mol. The number of fused-ring (bicyclic) bond motifs is 1. The van der Waals surface area contributed by atoms with Gasteiger partial charge in [0.25, 0.3) is 0 Å². The van der Waals surface area contributed by atoms with Gasteiger partial charge in [-0.15, -0.1) is 0 Å². The Morgan fingerprint density at radius 1 is 1.44 bits per heavy atom. The first kappa shape index (κ1) is 14.2. The number of nitrogens with one attached hydrogen (secondary N) is 1. The third kappa shape index (κ3) is 2.85. The van der Waals surface area contributed by atoms with Crippen LogP contribution in [0.2, 0.25) is 0 Å². The maximum Gasteiger partial charge on any atom is 1.00 e. The Morgan fingerprint density at radius 3 is 2.69 bits per heavy atom. The maximum absolute atomic E-state index is 10.7. The Labute approximate surface area is 116 Å². The Bertz CT molecular complexity index is 442. The average Bonchev–Trinajstić information content (AvgIpc) is 2.42. The third-order valence-electron chi connectivity index (χ3n) is 2.14. The summed E-state index contributed by atoms with van der Waals surface area (Å²) in [5.41, 5.74) is 0.932. The molecule has 16 heavy (non-hydrogen) atoms. The zero-order chi connectivity index (χ0) is 11.1. The fourth-order valence-corrected chi connectivity index (χ4v) is 2.12. The number of hydrogen-bond donors (Lipinski definition) is 4. The summed E-state index contributed by atoms with van der Waals surface area (Å²) >= 11 is 0. The molecular weight excluding hydrogens is 244 g/mol. The number of para-hydroxylation sites is 1. The molecule has 1 heterocycles. The second-order valence-corrected chi connectivity index (χ2v) is 4.43. The van der Waals surface area contributed by atoms with Crippen molar-refractivity contribution >= 4 is 13.5 Å². The van der Waals surface area contributed by atoms with E-state index in [9.17, 15) is 9.67 Å². The number of aliphatic hydroxyl groups is 1. The molecule has 8 heteroatoms. The van der Waals surface area contributed by atoms with Gasteiger partial charge < -0.3 is 21.6 Å². The summed E-state index contributed by atoms with van der Waals surface area (Å²) in [4.78, 5) is 17.3. The van der Waals surface area contributed by atoms with Crippen molar-refractivity contribution in [1.82, 2.24) is 0 Å². The van der Waals surface area contributed by atoms with Crippen LogP contribution in [0.3, 0.4) is 0 Å². The van der Waals surface area contributed by atoms with Gasteiger partial charge in [0.2, 0.25) is 5.79 Å². The minimum atomic E-state index is -4.73. The number of phosphoric acid groups is 1. The molecule has 1 aromatic rings. The minimum Gasteiger partial charge on any atom is -1.00 e. The van der Waals surface area contributed by atoms with E-state index in [0.29, 0.717) is 11.3 Å². The summed E-state index contributed by atoms with van der Waals surface area (Å²) in [6.45, 7) is -0.0859. The largest absolute Gasteiger partial charge is 1.00 e. The van der Waals surface area contributed by atoms with Crippen molar-refractivity contribution in [3.05, 3.63) is 29.8 Å². The molecule has 6 nitrogen and oxygen atoms in total. The number of phosphoric ester groups is 1. The van der Waals surface area contributed by atoms with Crippen molar-refractivity contribution < 1.29 is 55.0 Å². The van der Waals surface area contributed by atoms with Crippen molar-refractivity contribution in [3.63, 3.8) is 0 Å². The molecule has 0 radical (unpaired) electrons. The molecule has 84 valence electrons. The molecule has 2 rings (SSSR count). The van der Waals surface area contributed by atoms with E-state index in [1.165, 1.54) is 0 Å². The van der Waals surface area contributed by atoms with Gasteiger partial charge in [0.1, 0.15) is 0 Å². The van der Waals surface area contributed by atoms with Crippen LogP contribution in [-0.4, -0.2) is 21.4 Å². The Hall–Kier alpha value is 0.0900. The molecule has 0 aliphatic carbocycles. The first-order valence-corrected chi connectivity index (χ1v) is 5.76. The molecule has 0 saturated carbocycles. The van der Waals surface area contributed by atoms with E-state index in [2.05, 4.69) is 9.84 Å². The number of benzene rings is 1. The number of rotatable bonds is 2. The molecular formula is C8H11NNaO5P. The van der Waals surface area contributed by atoms with Gasteiger partial charge in [-0.2, -0.15) is 0 Å². The molecule has 0 aromatic heterocycles. The van der Waals surface area contributed by atoms with Gasteiger partial charge in [-0.05, 0) is 6.07 Å². The number of anilines is 1. The molecule has 0 amide bonds. The quantitative estimate of drug-likeness (QED) is 0.264. The number of hydrogen-bond acceptors (Lipinski definition) is 4. The number of β-amino-alcohol motifs (C(OH)–C–C–N with tert-alkyl or cyclic N) is 1. The molecule has 4 N–H and O–H groups in total. The van der Waals surface area contributed by atoms with Gasteiger partial charge in [-0.3, -0.25) is 0 Å². The van der Waals surface area contributed by atoms with Crippen molar-refractivity contribution in [3.8, 4) is 0 Å². The summed E-state index contributed by atoms with van der Waals surface area (Å²) in [5.74, 6) is -1.96. The first-order valence-electron chi connectivity index (χ1n) is 4.23. The molecule has 0 spiro atoms. The SMILES string of the molecule is O=P(O)(O)OC1(O)CNc2ccccc21.[H-].[Na+]. The van der Waals surface area contributed by atoms with Crippen LogP contribution in [0.4, 0.5) is 5.69 Å². The maximum atomic E-state index is 10.7. The second kappa shape index (κ2) is 4.76. The van der Waals surface area contributed by atoms with Gasteiger partial charge in [0.05, 0.1) is 6.54 Å². The minimum absolute atomic E-state index is 0. The van der Waals surface area contributed by atoms with Crippen LogP contribution in [-0.2, 0) is 14.9 Å². The van der Waals surface area contributed by atoms with Crippen molar-refractivity contribution in [2.45, 2.75) is 5.79 Å². The topological polar surface area (TPSA) is 99.0 Å². The third-order valence-corrected chi connectivity index (χ3v) is 2.68. The fourth-order valence-electron chi connectivity index (χ4n) is 1.57. The summed E-state index contributed by atoms with van der Waals surface area (Å²) < 4.78 is 15.1. The van der Waals surface area contributed by atoms with Gasteiger partial charge in [-0.25, -0.2) is 9.09 Å². The average molecular weight is 255 g/mol.